The van der Waals surface area contributed by atoms with Crippen LogP contribution in [-0.4, -0.2) is 57.1 Å². The van der Waals surface area contributed by atoms with Gasteiger partial charge in [-0.25, -0.2) is 9.38 Å². The summed E-state index contributed by atoms with van der Waals surface area (Å²) in [6, 6.07) is 9.65. The monoisotopic (exact) mass is 498 g/mol. The second-order valence-electron chi connectivity index (χ2n) is 8.55. The average Bonchev–Trinajstić information content (AvgIpc) is 2.79. The van der Waals surface area contributed by atoms with E-state index in [0.717, 1.165) is 0 Å². The number of carbonyl (C=O) groups excluding carboxylic acids is 2. The van der Waals surface area contributed by atoms with E-state index in [1.54, 1.807) is 50.6 Å². The van der Waals surface area contributed by atoms with Gasteiger partial charge in [-0.3, -0.25) is 9.59 Å². The molecule has 0 radical (unpaired) electrons. The highest BCUT2D eigenvalue weighted by Crippen LogP contribution is 2.18. The third kappa shape index (κ3) is 7.37. The second-order valence-corrected chi connectivity index (χ2v) is 8.55. The SMILES string of the molecule is C=c1cc(OCCOC)cc(F)/c1=C(/N=C\C)Nc1ccc(NC(=O)CC(=O)NC2(C)COC2)cc1. The number of nitrogens with zero attached hydrogens (tertiary/aromatic N) is 1. The molecular weight excluding hydrogens is 467 g/mol. The molecule has 3 N–H and O–H groups in total. The van der Waals surface area contributed by atoms with Gasteiger partial charge >= 0.3 is 0 Å². The molecule has 0 saturated carbocycles. The Labute approximate surface area is 209 Å². The first-order valence-electron chi connectivity index (χ1n) is 11.4. The Morgan fingerprint density at radius 2 is 1.81 bits per heavy atom. The van der Waals surface area contributed by atoms with Crippen LogP contribution >= 0.6 is 0 Å². The largest absolute Gasteiger partial charge is 0.491 e. The number of amides is 2. The molecule has 1 saturated heterocycles. The Hall–Kier alpha value is -3.76. The fraction of sp³-hybridized carbons (Fsp3) is 0.346. The van der Waals surface area contributed by atoms with Crippen molar-refractivity contribution in [2.24, 2.45) is 4.99 Å². The Morgan fingerprint density at radius 1 is 1.14 bits per heavy atom. The van der Waals surface area contributed by atoms with Crippen LogP contribution in [0.3, 0.4) is 0 Å². The van der Waals surface area contributed by atoms with Gasteiger partial charge in [0.2, 0.25) is 11.8 Å². The first kappa shape index (κ1) is 26.8. The van der Waals surface area contributed by atoms with Crippen molar-refractivity contribution < 1.29 is 28.2 Å². The highest BCUT2D eigenvalue weighted by atomic mass is 19.1. The van der Waals surface area contributed by atoms with Crippen molar-refractivity contribution in [1.29, 1.82) is 0 Å². The normalized spacial score (nSPS) is 15.1. The molecule has 0 atom stereocenters. The molecular formula is C26H31FN4O5. The first-order chi connectivity index (χ1) is 17.2. The lowest BCUT2D eigenvalue weighted by atomic mass is 10.0. The van der Waals surface area contributed by atoms with E-state index in [2.05, 4.69) is 27.5 Å². The molecule has 2 aromatic carbocycles. The molecule has 3 rings (SSSR count). The third-order valence-electron chi connectivity index (χ3n) is 5.23. The minimum Gasteiger partial charge on any atom is -0.491 e. The van der Waals surface area contributed by atoms with E-state index in [9.17, 15) is 14.0 Å². The molecule has 36 heavy (non-hydrogen) atoms. The van der Waals surface area contributed by atoms with Crippen molar-refractivity contribution in [2.75, 3.05) is 44.2 Å². The Bertz CT molecular complexity index is 1230. The molecule has 1 heterocycles. The van der Waals surface area contributed by atoms with Gasteiger partial charge in [-0.15, -0.1) is 0 Å². The number of methoxy groups -OCH3 is 1. The van der Waals surface area contributed by atoms with Crippen LogP contribution in [0.2, 0.25) is 0 Å². The van der Waals surface area contributed by atoms with Crippen LogP contribution < -0.4 is 31.1 Å². The molecule has 10 heteroatoms. The van der Waals surface area contributed by atoms with Crippen molar-refractivity contribution in [3.63, 3.8) is 0 Å². The molecule has 0 bridgehead atoms. The molecule has 2 amide bonds. The fourth-order valence-electron chi connectivity index (χ4n) is 3.50. The van der Waals surface area contributed by atoms with Gasteiger partial charge in [0, 0.05) is 30.8 Å². The number of nitrogens with one attached hydrogen (secondary N) is 3. The summed E-state index contributed by atoms with van der Waals surface area (Å²) in [6.07, 6.45) is 1.25. The van der Waals surface area contributed by atoms with Gasteiger partial charge in [0.05, 0.1) is 30.6 Å². The van der Waals surface area contributed by atoms with Crippen molar-refractivity contribution in [1.82, 2.24) is 5.32 Å². The van der Waals surface area contributed by atoms with Crippen molar-refractivity contribution >= 4 is 41.8 Å². The van der Waals surface area contributed by atoms with Crippen LogP contribution in [0.1, 0.15) is 20.3 Å². The summed E-state index contributed by atoms with van der Waals surface area (Å²) < 4.78 is 30.5. The van der Waals surface area contributed by atoms with Gasteiger partial charge in [0.1, 0.15) is 30.4 Å². The number of carbonyl (C=O) groups is 2. The standard InChI is InChI=1S/C26H31FN4O5/c1-5-28-25(24-17(2)12-20(13-21(24)27)36-11-10-34-4)30-19-8-6-18(7-9-19)29-22(32)14-23(33)31-26(3)15-35-16-26/h5-9,12-13,30H,2,10-11,14-16H2,1,3-4H3,(H,29,32)(H,31,33)/b25-24-,28-5-. The summed E-state index contributed by atoms with van der Waals surface area (Å²) in [6.45, 7) is 9.06. The number of rotatable bonds is 11. The molecule has 0 spiro atoms. The summed E-state index contributed by atoms with van der Waals surface area (Å²) in [5.74, 6) is -0.717. The fourth-order valence-corrected chi connectivity index (χ4v) is 3.50. The van der Waals surface area contributed by atoms with Crippen molar-refractivity contribution in [3.05, 3.63) is 52.7 Å². The number of hydrogen-bond donors (Lipinski definition) is 3. The van der Waals surface area contributed by atoms with E-state index in [1.165, 1.54) is 6.07 Å². The summed E-state index contributed by atoms with van der Waals surface area (Å²) in [7, 11) is 1.56. The topological polar surface area (TPSA) is 110 Å². The number of aliphatic imine (C=N–C) groups is 1. The van der Waals surface area contributed by atoms with Crippen molar-refractivity contribution in [2.45, 2.75) is 25.8 Å². The number of hydrogen-bond acceptors (Lipinski definition) is 7. The van der Waals surface area contributed by atoms with Gasteiger partial charge < -0.3 is 30.2 Å². The van der Waals surface area contributed by atoms with E-state index in [-0.39, 0.29) is 23.4 Å². The van der Waals surface area contributed by atoms with Crippen LogP contribution in [-0.2, 0) is 19.1 Å². The highest BCUT2D eigenvalue weighted by molar-refractivity contribution is 6.03. The number of halogens is 1. The quantitative estimate of drug-likeness (QED) is 0.248. The van der Waals surface area contributed by atoms with E-state index in [1.807, 2.05) is 6.92 Å². The van der Waals surface area contributed by atoms with Crippen LogP contribution in [0.4, 0.5) is 15.8 Å². The first-order valence-corrected chi connectivity index (χ1v) is 11.4. The van der Waals surface area contributed by atoms with Crippen LogP contribution in [0.5, 0.6) is 5.75 Å². The predicted octanol–water partition coefficient (Wildman–Crippen LogP) is 1.76. The minimum absolute atomic E-state index is 0.209. The summed E-state index contributed by atoms with van der Waals surface area (Å²) >= 11 is 0. The predicted molar refractivity (Wildman–Crippen MR) is 137 cm³/mol. The molecule has 192 valence electrons. The second kappa shape index (κ2) is 12.3. The Kier molecular flexibility index (Phi) is 9.15. The number of ether oxygens (including phenoxy) is 3. The molecule has 0 aromatic heterocycles. The number of anilines is 2. The van der Waals surface area contributed by atoms with E-state index >= 15 is 0 Å². The zero-order chi connectivity index (χ0) is 26.1. The summed E-state index contributed by atoms with van der Waals surface area (Å²) in [5.41, 5.74) is 0.715. The third-order valence-corrected chi connectivity index (χ3v) is 5.23. The zero-order valence-corrected chi connectivity index (χ0v) is 20.7. The number of benzene rings is 2. The Morgan fingerprint density at radius 3 is 2.36 bits per heavy atom. The smallest absolute Gasteiger partial charge is 0.233 e. The van der Waals surface area contributed by atoms with Crippen LogP contribution in [0.25, 0.3) is 12.4 Å². The van der Waals surface area contributed by atoms with Gasteiger partial charge in [-0.05, 0) is 49.4 Å². The van der Waals surface area contributed by atoms with Gasteiger partial charge in [0.15, 0.2) is 0 Å². The maximum Gasteiger partial charge on any atom is 0.233 e. The van der Waals surface area contributed by atoms with Crippen molar-refractivity contribution in [3.8, 4) is 5.75 Å². The maximum atomic E-state index is 15.0. The van der Waals surface area contributed by atoms with Crippen LogP contribution in [0.15, 0.2) is 41.4 Å². The Balaban J connectivity index is 1.69. The zero-order valence-electron chi connectivity index (χ0n) is 20.7. The lowest BCUT2D eigenvalue weighted by Crippen LogP contribution is -2.60. The van der Waals surface area contributed by atoms with Gasteiger partial charge in [-0.2, -0.15) is 0 Å². The lowest BCUT2D eigenvalue weighted by Gasteiger charge is -2.38. The molecule has 0 unspecified atom stereocenters. The molecule has 1 aliphatic heterocycles. The van der Waals surface area contributed by atoms with E-state index < -0.39 is 17.3 Å². The molecule has 1 aliphatic rings. The highest BCUT2D eigenvalue weighted by Gasteiger charge is 2.35. The molecule has 0 aliphatic carbocycles. The molecule has 2 aromatic rings. The minimum atomic E-state index is -0.535. The molecule has 1 fully saturated rings. The van der Waals surface area contributed by atoms with E-state index in [0.29, 0.717) is 48.8 Å². The molecule has 9 nitrogen and oxygen atoms in total. The summed E-state index contributed by atoms with van der Waals surface area (Å²) in [5, 5.41) is 9.18. The van der Waals surface area contributed by atoms with Gasteiger partial charge in [-0.1, -0.05) is 6.58 Å². The maximum absolute atomic E-state index is 15.0. The average molecular weight is 499 g/mol. The summed E-state index contributed by atoms with van der Waals surface area (Å²) in [4.78, 5) is 28.6. The van der Waals surface area contributed by atoms with E-state index in [4.69, 9.17) is 14.2 Å². The lowest BCUT2D eigenvalue weighted by molar-refractivity contribution is -0.134. The van der Waals surface area contributed by atoms with Gasteiger partial charge in [0.25, 0.3) is 0 Å². The van der Waals surface area contributed by atoms with Crippen LogP contribution in [0, 0.1) is 5.82 Å².